The molecule has 0 bridgehead atoms. The average molecular weight is 367 g/mol. The van der Waals surface area contributed by atoms with Gasteiger partial charge in [0.2, 0.25) is 0 Å². The van der Waals surface area contributed by atoms with Crippen LogP contribution in [0.15, 0.2) is 40.1 Å². The second-order valence-electron chi connectivity index (χ2n) is 4.72. The van der Waals surface area contributed by atoms with Gasteiger partial charge in [-0.3, -0.25) is 9.36 Å². The zero-order valence-corrected chi connectivity index (χ0v) is 13.9. The summed E-state index contributed by atoms with van der Waals surface area (Å²) in [5.41, 5.74) is 0.249. The maximum atomic E-state index is 14.0. The van der Waals surface area contributed by atoms with Crippen molar-refractivity contribution in [1.29, 1.82) is 0 Å². The first-order valence-corrected chi connectivity index (χ1v) is 7.45. The highest BCUT2D eigenvalue weighted by atomic mass is 79.9. The van der Waals surface area contributed by atoms with Crippen molar-refractivity contribution < 1.29 is 4.39 Å². The molecule has 1 unspecified atom stereocenters. The largest absolute Gasteiger partial charge is 0.340 e. The molecule has 2 rings (SSSR count). The molecule has 0 aromatic carbocycles. The number of hydrogen-bond acceptors (Lipinski definition) is 4. The zero-order chi connectivity index (χ0) is 16.3. The van der Waals surface area contributed by atoms with Crippen molar-refractivity contribution in [3.8, 4) is 0 Å². The van der Waals surface area contributed by atoms with Crippen LogP contribution >= 0.6 is 15.9 Å². The van der Waals surface area contributed by atoms with Gasteiger partial charge in [-0.2, -0.15) is 0 Å². The van der Waals surface area contributed by atoms with E-state index in [1.807, 2.05) is 0 Å². The summed E-state index contributed by atoms with van der Waals surface area (Å²) in [4.78, 5) is 20.4. The number of hydrogen-bond donors (Lipinski definition) is 1. The molecule has 7 heteroatoms. The number of pyridine rings is 1. The van der Waals surface area contributed by atoms with Crippen LogP contribution in [0.5, 0.6) is 0 Å². The van der Waals surface area contributed by atoms with E-state index in [1.54, 1.807) is 38.3 Å². The molecule has 0 fully saturated rings. The summed E-state index contributed by atoms with van der Waals surface area (Å²) in [6, 6.07) is 1.60. The van der Waals surface area contributed by atoms with Crippen LogP contribution in [0.4, 0.5) is 10.2 Å². The number of alkyl halides is 1. The van der Waals surface area contributed by atoms with Crippen LogP contribution in [-0.4, -0.2) is 20.8 Å². The Kier molecular flexibility index (Phi) is 5.07. The molecule has 0 aliphatic carbocycles. The molecule has 0 radical (unpaired) electrons. The summed E-state index contributed by atoms with van der Waals surface area (Å²) in [6.45, 7) is 5.23. The van der Waals surface area contributed by atoms with Crippen molar-refractivity contribution in [3.63, 3.8) is 0 Å². The normalized spacial score (nSPS) is 12.7. The summed E-state index contributed by atoms with van der Waals surface area (Å²) in [7, 11) is 1.62. The Morgan fingerprint density at radius 1 is 1.55 bits per heavy atom. The van der Waals surface area contributed by atoms with Gasteiger partial charge in [-0.25, -0.2) is 14.4 Å². The quantitative estimate of drug-likeness (QED) is 0.651. The Bertz CT molecular complexity index is 800. The number of halogens is 2. The molecular formula is C15H16BrFN4O. The smallest absolute Gasteiger partial charge is 0.266 e. The van der Waals surface area contributed by atoms with Crippen LogP contribution in [0.3, 0.4) is 0 Å². The van der Waals surface area contributed by atoms with Gasteiger partial charge in [0.05, 0.1) is 9.86 Å². The number of aryl methyl sites for hydroxylation is 2. The van der Waals surface area contributed by atoms with E-state index in [4.69, 9.17) is 0 Å². The van der Waals surface area contributed by atoms with Gasteiger partial charge in [0.25, 0.3) is 5.56 Å². The second-order valence-corrected chi connectivity index (χ2v) is 5.58. The van der Waals surface area contributed by atoms with Crippen molar-refractivity contribution in [1.82, 2.24) is 14.5 Å². The molecule has 2 aromatic rings. The van der Waals surface area contributed by atoms with E-state index in [0.717, 1.165) is 0 Å². The van der Waals surface area contributed by atoms with Crippen molar-refractivity contribution in [3.05, 3.63) is 51.5 Å². The Morgan fingerprint density at radius 2 is 2.27 bits per heavy atom. The van der Waals surface area contributed by atoms with E-state index in [2.05, 4.69) is 37.8 Å². The molecule has 22 heavy (non-hydrogen) atoms. The van der Waals surface area contributed by atoms with E-state index < -0.39 is 6.30 Å². The first kappa shape index (κ1) is 16.4. The van der Waals surface area contributed by atoms with Crippen molar-refractivity contribution in [2.45, 2.75) is 19.6 Å². The summed E-state index contributed by atoms with van der Waals surface area (Å²) in [5, 5.41) is 3.30. The highest BCUT2D eigenvalue weighted by molar-refractivity contribution is 9.10. The molecule has 1 atom stereocenters. The molecule has 116 valence electrons. The van der Waals surface area contributed by atoms with Gasteiger partial charge in [0, 0.05) is 13.5 Å². The van der Waals surface area contributed by atoms with E-state index in [1.165, 1.54) is 4.57 Å². The molecule has 2 heterocycles. The molecule has 0 amide bonds. The van der Waals surface area contributed by atoms with Gasteiger partial charge >= 0.3 is 0 Å². The van der Waals surface area contributed by atoms with Crippen LogP contribution in [0.1, 0.15) is 12.2 Å². The predicted molar refractivity (Wildman–Crippen MR) is 89.7 cm³/mol. The lowest BCUT2D eigenvalue weighted by atomic mass is 10.3. The van der Waals surface area contributed by atoms with Crippen LogP contribution in [0.2, 0.25) is 0 Å². The Labute approximate surface area is 135 Å². The Morgan fingerprint density at radius 3 is 2.95 bits per heavy atom. The fraction of sp³-hybridized carbons (Fsp3) is 0.267. The first-order chi connectivity index (χ1) is 10.4. The highest BCUT2D eigenvalue weighted by Crippen LogP contribution is 2.23. The average Bonchev–Trinajstić information content (AvgIpc) is 2.46. The summed E-state index contributed by atoms with van der Waals surface area (Å²) >= 11 is 3.20. The van der Waals surface area contributed by atoms with Gasteiger partial charge in [-0.1, -0.05) is 24.8 Å². The predicted octanol–water partition coefficient (Wildman–Crippen LogP) is 3.24. The lowest BCUT2D eigenvalue weighted by Crippen LogP contribution is -2.21. The standard InChI is InChI=1S/C15H16BrFN4O/c1-4-5-6-7-12(17)20-13-10-8-11(16)15(22)21(3)14(10)19-9(2)18-13/h4-6,8,12H,1,7H2,2-3H3,(H,18,19,20)/b6-5-. The minimum absolute atomic E-state index is 0.184. The summed E-state index contributed by atoms with van der Waals surface area (Å²) in [6.07, 6.45) is 3.82. The maximum absolute atomic E-state index is 14.0. The third kappa shape index (κ3) is 3.41. The molecule has 0 saturated heterocycles. The highest BCUT2D eigenvalue weighted by Gasteiger charge is 2.14. The van der Waals surface area contributed by atoms with Gasteiger partial charge < -0.3 is 5.32 Å². The van der Waals surface area contributed by atoms with Crippen LogP contribution in [-0.2, 0) is 7.05 Å². The van der Waals surface area contributed by atoms with Crippen LogP contribution < -0.4 is 10.9 Å². The number of nitrogens with one attached hydrogen (secondary N) is 1. The maximum Gasteiger partial charge on any atom is 0.266 e. The van der Waals surface area contributed by atoms with E-state index in [-0.39, 0.29) is 12.0 Å². The molecule has 2 aromatic heterocycles. The number of fused-ring (bicyclic) bond motifs is 1. The summed E-state index contributed by atoms with van der Waals surface area (Å²) in [5.74, 6) is 0.819. The molecule has 0 aliphatic rings. The number of anilines is 1. The van der Waals surface area contributed by atoms with E-state index in [9.17, 15) is 9.18 Å². The minimum Gasteiger partial charge on any atom is -0.340 e. The second kappa shape index (κ2) is 6.83. The lowest BCUT2D eigenvalue weighted by molar-refractivity contribution is 0.375. The Balaban J connectivity index is 2.47. The summed E-state index contributed by atoms with van der Waals surface area (Å²) < 4.78 is 15.8. The molecule has 0 spiro atoms. The number of aromatic nitrogens is 3. The fourth-order valence-electron chi connectivity index (χ4n) is 2.01. The number of rotatable bonds is 5. The molecule has 5 nitrogen and oxygen atoms in total. The number of nitrogens with zero attached hydrogens (tertiary/aromatic N) is 3. The molecule has 1 N–H and O–H groups in total. The zero-order valence-electron chi connectivity index (χ0n) is 12.3. The Hall–Kier alpha value is -2.02. The molecule has 0 aliphatic heterocycles. The van der Waals surface area contributed by atoms with Gasteiger partial charge in [-0.15, -0.1) is 0 Å². The SMILES string of the molecule is C=C/C=C\CC(F)Nc1nc(C)nc2c1cc(Br)c(=O)n2C. The van der Waals surface area contributed by atoms with E-state index >= 15 is 0 Å². The third-order valence-corrected chi connectivity index (χ3v) is 3.61. The topological polar surface area (TPSA) is 59.8 Å². The molecule has 0 saturated carbocycles. The minimum atomic E-state index is -1.30. The third-order valence-electron chi connectivity index (χ3n) is 3.04. The monoisotopic (exact) mass is 366 g/mol. The van der Waals surface area contributed by atoms with Gasteiger partial charge in [0.15, 0.2) is 6.30 Å². The van der Waals surface area contributed by atoms with Crippen LogP contribution in [0, 0.1) is 6.92 Å². The lowest BCUT2D eigenvalue weighted by Gasteiger charge is -2.14. The van der Waals surface area contributed by atoms with Crippen LogP contribution in [0.25, 0.3) is 11.0 Å². The van der Waals surface area contributed by atoms with Gasteiger partial charge in [0.1, 0.15) is 17.3 Å². The van der Waals surface area contributed by atoms with Crippen molar-refractivity contribution >= 4 is 32.8 Å². The van der Waals surface area contributed by atoms with Crippen molar-refractivity contribution in [2.24, 2.45) is 7.05 Å². The van der Waals surface area contributed by atoms with E-state index in [0.29, 0.717) is 27.1 Å². The van der Waals surface area contributed by atoms with Crippen molar-refractivity contribution in [2.75, 3.05) is 5.32 Å². The first-order valence-electron chi connectivity index (χ1n) is 6.66. The van der Waals surface area contributed by atoms with Gasteiger partial charge in [-0.05, 0) is 28.9 Å². The molecular weight excluding hydrogens is 351 g/mol. The fourth-order valence-corrected chi connectivity index (χ4v) is 2.51. The number of allylic oxidation sites excluding steroid dienone is 2.